The number of rotatable bonds is 10. The van der Waals surface area contributed by atoms with Gasteiger partial charge in [0.05, 0.1) is 12.7 Å². The molecule has 0 saturated heterocycles. The Balaban J connectivity index is 2.10. The fraction of sp³-hybridized carbons (Fsp3) is 0.556. The van der Waals surface area contributed by atoms with Crippen LogP contribution < -0.4 is 11.2 Å². The third kappa shape index (κ3) is 7.04. The van der Waals surface area contributed by atoms with Crippen molar-refractivity contribution in [2.45, 2.75) is 44.2 Å². The maximum Gasteiger partial charge on any atom is 0.291 e. The lowest BCUT2D eigenvalue weighted by molar-refractivity contribution is -0.145. The largest absolute Gasteiger partial charge is 0.370 e. The Kier molecular flexibility index (Phi) is 8.44. The molecule has 0 aliphatic heterocycles. The Labute approximate surface area is 172 Å². The van der Waals surface area contributed by atoms with E-state index < -0.39 is 29.3 Å². The van der Waals surface area contributed by atoms with Crippen LogP contribution in [-0.4, -0.2) is 50.7 Å². The number of primary amides is 1. The van der Waals surface area contributed by atoms with Gasteiger partial charge in [-0.15, -0.1) is 0 Å². The minimum atomic E-state index is -2.39. The number of hydrazine groups is 1. The van der Waals surface area contributed by atoms with Gasteiger partial charge in [0.25, 0.3) is 11.5 Å². The third-order valence-corrected chi connectivity index (χ3v) is 4.96. The number of Topliss-reactive ketones (excluding diaryl/α,β-unsaturated/α-hetero) is 1. The van der Waals surface area contributed by atoms with Crippen molar-refractivity contribution in [1.82, 2.24) is 20.4 Å². The van der Waals surface area contributed by atoms with Crippen molar-refractivity contribution in [2.75, 3.05) is 6.54 Å². The summed E-state index contributed by atoms with van der Waals surface area (Å²) in [5, 5.41) is 0.630. The summed E-state index contributed by atoms with van der Waals surface area (Å²) in [6.45, 7) is -0.332. The molecule has 1 aliphatic rings. The van der Waals surface area contributed by atoms with Gasteiger partial charge in [-0.2, -0.15) is 0 Å². The van der Waals surface area contributed by atoms with Crippen LogP contribution in [0.3, 0.4) is 0 Å². The molecule has 0 spiro atoms. The Morgan fingerprint density at radius 1 is 1.31 bits per heavy atom. The first-order valence-corrected chi connectivity index (χ1v) is 9.69. The summed E-state index contributed by atoms with van der Waals surface area (Å²) in [4.78, 5) is 56.0. The summed E-state index contributed by atoms with van der Waals surface area (Å²) in [6.07, 6.45) is 7.07. The van der Waals surface area contributed by atoms with E-state index in [1.54, 1.807) is 0 Å². The van der Waals surface area contributed by atoms with E-state index in [1.807, 2.05) is 0 Å². The smallest absolute Gasteiger partial charge is 0.291 e. The third-order valence-electron chi connectivity index (χ3n) is 4.77. The van der Waals surface area contributed by atoms with E-state index in [-0.39, 0.29) is 36.8 Å². The summed E-state index contributed by atoms with van der Waals surface area (Å²) in [5.41, 5.74) is 5.08. The molecule has 1 heterocycles. The van der Waals surface area contributed by atoms with Crippen LogP contribution in [0.5, 0.6) is 0 Å². The number of halogens is 2. The van der Waals surface area contributed by atoms with Crippen molar-refractivity contribution < 1.29 is 23.6 Å². The van der Waals surface area contributed by atoms with Gasteiger partial charge in [0.1, 0.15) is 5.69 Å². The average Bonchev–Trinajstić information content (AvgIpc) is 2.66. The second kappa shape index (κ2) is 10.8. The molecule has 1 aliphatic carbocycles. The lowest BCUT2D eigenvalue weighted by Crippen LogP contribution is -2.51. The molecule has 1 aromatic heterocycles. The number of alkyl halides is 2. The molecule has 2 atom stereocenters. The van der Waals surface area contributed by atoms with Crippen LogP contribution in [0.4, 0.5) is 4.39 Å². The van der Waals surface area contributed by atoms with E-state index in [0.29, 0.717) is 11.4 Å². The van der Waals surface area contributed by atoms with Gasteiger partial charge in [0, 0.05) is 31.2 Å². The predicted molar refractivity (Wildman–Crippen MR) is 101 cm³/mol. The van der Waals surface area contributed by atoms with Crippen LogP contribution in [0.15, 0.2) is 18.6 Å². The molecule has 0 radical (unpaired) electrons. The average molecular weight is 428 g/mol. The molecule has 1 fully saturated rings. The summed E-state index contributed by atoms with van der Waals surface area (Å²) in [6, 6.07) is 0. The molecule has 29 heavy (non-hydrogen) atoms. The monoisotopic (exact) mass is 427 g/mol. The second-order valence-corrected chi connectivity index (χ2v) is 7.31. The van der Waals surface area contributed by atoms with Gasteiger partial charge in [-0.25, -0.2) is 14.4 Å². The second-order valence-electron chi connectivity index (χ2n) is 6.93. The highest BCUT2D eigenvalue weighted by Gasteiger charge is 2.32. The maximum atomic E-state index is 13.3. The van der Waals surface area contributed by atoms with Gasteiger partial charge >= 0.3 is 0 Å². The number of nitrogens with one attached hydrogen (secondary N) is 1. The van der Waals surface area contributed by atoms with Crippen molar-refractivity contribution in [3.63, 3.8) is 0 Å². The first-order valence-electron chi connectivity index (χ1n) is 9.25. The number of carbonyl (C=O) groups is 4. The molecule has 1 unspecified atom stereocenters. The van der Waals surface area contributed by atoms with Gasteiger partial charge in [-0.3, -0.25) is 29.6 Å². The van der Waals surface area contributed by atoms with Crippen molar-refractivity contribution in [3.05, 3.63) is 24.3 Å². The van der Waals surface area contributed by atoms with Crippen LogP contribution >= 0.6 is 11.6 Å². The van der Waals surface area contributed by atoms with Gasteiger partial charge in [-0.05, 0) is 12.3 Å². The number of amides is 3. The molecule has 1 saturated carbocycles. The molecule has 0 aromatic carbocycles. The fourth-order valence-electron chi connectivity index (χ4n) is 2.97. The van der Waals surface area contributed by atoms with Crippen LogP contribution in [0.25, 0.3) is 0 Å². The SMILES string of the molecule is NC(=O)CCN(NC(=O)[C@@H](CC(=O)c1cnccn1)CC1CCC1)C(=O)C(F)Cl. The summed E-state index contributed by atoms with van der Waals surface area (Å²) >= 11 is 5.19. The van der Waals surface area contributed by atoms with E-state index in [9.17, 15) is 23.6 Å². The lowest BCUT2D eigenvalue weighted by atomic mass is 9.77. The zero-order valence-electron chi connectivity index (χ0n) is 15.7. The molecular formula is C18H23ClFN5O4. The maximum absolute atomic E-state index is 13.3. The summed E-state index contributed by atoms with van der Waals surface area (Å²) < 4.78 is 13.3. The van der Waals surface area contributed by atoms with Crippen molar-refractivity contribution in [1.29, 1.82) is 0 Å². The van der Waals surface area contributed by atoms with Crippen molar-refractivity contribution in [3.8, 4) is 0 Å². The zero-order valence-corrected chi connectivity index (χ0v) is 16.5. The van der Waals surface area contributed by atoms with Gasteiger partial charge in [0.2, 0.25) is 11.8 Å². The Bertz CT molecular complexity index is 745. The first-order chi connectivity index (χ1) is 13.8. The predicted octanol–water partition coefficient (Wildman–Crippen LogP) is 1.13. The number of ketones is 1. The molecular weight excluding hydrogens is 405 g/mol. The molecule has 158 valence electrons. The van der Waals surface area contributed by atoms with Crippen LogP contribution in [-0.2, 0) is 14.4 Å². The molecule has 11 heteroatoms. The van der Waals surface area contributed by atoms with Crippen LogP contribution in [0.1, 0.15) is 49.0 Å². The highest BCUT2D eigenvalue weighted by molar-refractivity contribution is 6.29. The van der Waals surface area contributed by atoms with Crippen LogP contribution in [0.2, 0.25) is 0 Å². The fourth-order valence-corrected chi connectivity index (χ4v) is 3.09. The normalized spacial score (nSPS) is 15.7. The van der Waals surface area contributed by atoms with Crippen LogP contribution in [0, 0.1) is 11.8 Å². The van der Waals surface area contributed by atoms with E-state index in [0.717, 1.165) is 19.3 Å². The number of carbonyl (C=O) groups excluding carboxylic acids is 4. The summed E-state index contributed by atoms with van der Waals surface area (Å²) in [7, 11) is 0. The quantitative estimate of drug-likeness (QED) is 0.326. The van der Waals surface area contributed by atoms with E-state index in [4.69, 9.17) is 17.3 Å². The number of nitrogens with two attached hydrogens (primary N) is 1. The van der Waals surface area contributed by atoms with Crippen molar-refractivity contribution >= 4 is 35.1 Å². The van der Waals surface area contributed by atoms with Gasteiger partial charge < -0.3 is 5.73 Å². The minimum absolute atomic E-state index is 0.130. The zero-order chi connectivity index (χ0) is 21.4. The molecule has 2 rings (SSSR count). The van der Waals surface area contributed by atoms with E-state index in [2.05, 4.69) is 15.4 Å². The highest BCUT2D eigenvalue weighted by atomic mass is 35.5. The topological polar surface area (TPSA) is 135 Å². The summed E-state index contributed by atoms with van der Waals surface area (Å²) in [5.74, 6) is -3.42. The lowest BCUT2D eigenvalue weighted by Gasteiger charge is -2.30. The molecule has 9 nitrogen and oxygen atoms in total. The van der Waals surface area contributed by atoms with Gasteiger partial charge in [0.15, 0.2) is 5.78 Å². The number of aromatic nitrogens is 2. The highest BCUT2D eigenvalue weighted by Crippen LogP contribution is 2.33. The number of hydrogen-bond acceptors (Lipinski definition) is 6. The van der Waals surface area contributed by atoms with E-state index in [1.165, 1.54) is 18.6 Å². The number of nitrogens with zero attached hydrogens (tertiary/aromatic N) is 3. The Morgan fingerprint density at radius 3 is 2.55 bits per heavy atom. The van der Waals surface area contributed by atoms with Gasteiger partial charge in [-0.1, -0.05) is 30.9 Å². The Morgan fingerprint density at radius 2 is 2.03 bits per heavy atom. The van der Waals surface area contributed by atoms with E-state index >= 15 is 0 Å². The number of hydrogen-bond donors (Lipinski definition) is 2. The minimum Gasteiger partial charge on any atom is -0.370 e. The van der Waals surface area contributed by atoms with Crippen molar-refractivity contribution in [2.24, 2.45) is 17.6 Å². The first kappa shape index (κ1) is 22.7. The molecule has 1 aromatic rings. The molecule has 3 amide bonds. The molecule has 0 bridgehead atoms. The standard InChI is InChI=1S/C18H23ClFN5O4/c19-16(20)18(29)25(7-4-15(21)27)24-17(28)12(8-11-2-1-3-11)9-14(26)13-10-22-5-6-23-13/h5-6,10-12,16H,1-4,7-9H2,(H2,21,27)(H,24,28)/t12-,16?/m1/s1. The Hall–Kier alpha value is -2.62. The molecule has 3 N–H and O–H groups in total.